The molecule has 4 nitrogen and oxygen atoms in total. The zero-order chi connectivity index (χ0) is 9.35. The fourth-order valence-corrected chi connectivity index (χ4v) is 1.98. The minimum atomic E-state index is -3.94. The van der Waals surface area contributed by atoms with Gasteiger partial charge in [-0.05, 0) is 0 Å². The average Bonchev–Trinajstić information content (AvgIpc) is 1.92. The fourth-order valence-electron chi connectivity index (χ4n) is 0.589. The Morgan fingerprint density at radius 2 is 2.08 bits per heavy atom. The molecule has 0 aliphatic carbocycles. The molecule has 1 heterocycles. The van der Waals surface area contributed by atoms with E-state index in [4.69, 9.17) is 27.4 Å². The van der Waals surface area contributed by atoms with E-state index in [0.717, 1.165) is 12.3 Å². The van der Waals surface area contributed by atoms with Crippen LogP contribution in [-0.2, 0) is 9.05 Å². The van der Waals surface area contributed by atoms with Gasteiger partial charge in [0.2, 0.25) is 0 Å². The van der Waals surface area contributed by atoms with Crippen LogP contribution in [0.3, 0.4) is 0 Å². The number of hydrogen-bond acceptors (Lipinski definition) is 4. The molecule has 0 aliphatic rings. The highest BCUT2D eigenvalue weighted by Gasteiger charge is 2.16. The molecule has 0 fully saturated rings. The van der Waals surface area contributed by atoms with Crippen molar-refractivity contribution in [1.29, 1.82) is 0 Å². The molecule has 12 heavy (non-hydrogen) atoms. The SMILES string of the molecule is O=S(=O)(Cl)c1cc(O)cnc1Cl. The van der Waals surface area contributed by atoms with Crippen molar-refractivity contribution in [1.82, 2.24) is 4.98 Å². The maximum absolute atomic E-state index is 10.7. The first-order chi connectivity index (χ1) is 5.41. The van der Waals surface area contributed by atoms with Crippen LogP contribution in [0.25, 0.3) is 0 Å². The summed E-state index contributed by atoms with van der Waals surface area (Å²) in [7, 11) is 1.03. The van der Waals surface area contributed by atoms with E-state index < -0.39 is 13.9 Å². The molecule has 0 atom stereocenters. The second kappa shape index (κ2) is 3.08. The lowest BCUT2D eigenvalue weighted by atomic mass is 10.5. The van der Waals surface area contributed by atoms with Gasteiger partial charge in [-0.25, -0.2) is 13.4 Å². The van der Waals surface area contributed by atoms with Crippen LogP contribution in [0.15, 0.2) is 17.2 Å². The Kier molecular flexibility index (Phi) is 2.46. The smallest absolute Gasteiger partial charge is 0.264 e. The predicted molar refractivity (Wildman–Crippen MR) is 44.0 cm³/mol. The molecule has 0 spiro atoms. The number of nitrogens with zero attached hydrogens (tertiary/aromatic N) is 1. The molecular weight excluding hydrogens is 225 g/mol. The van der Waals surface area contributed by atoms with Crippen molar-refractivity contribution in [2.45, 2.75) is 4.90 Å². The molecule has 0 unspecified atom stereocenters. The molecule has 1 aromatic rings. The van der Waals surface area contributed by atoms with Crippen LogP contribution in [0.5, 0.6) is 5.75 Å². The van der Waals surface area contributed by atoms with Gasteiger partial charge < -0.3 is 5.11 Å². The summed E-state index contributed by atoms with van der Waals surface area (Å²) in [6.07, 6.45) is 1.02. The maximum Gasteiger partial charge on any atom is 0.264 e. The van der Waals surface area contributed by atoms with Gasteiger partial charge in [-0.3, -0.25) is 0 Å². The maximum atomic E-state index is 10.7. The van der Waals surface area contributed by atoms with Crippen molar-refractivity contribution in [2.24, 2.45) is 0 Å². The molecule has 1 rings (SSSR count). The van der Waals surface area contributed by atoms with Crippen LogP contribution in [0.1, 0.15) is 0 Å². The lowest BCUT2D eigenvalue weighted by Crippen LogP contribution is -1.93. The van der Waals surface area contributed by atoms with Crippen LogP contribution >= 0.6 is 22.3 Å². The van der Waals surface area contributed by atoms with Gasteiger partial charge in [0.1, 0.15) is 15.8 Å². The number of pyridine rings is 1. The fraction of sp³-hybridized carbons (Fsp3) is 0. The topological polar surface area (TPSA) is 67.3 Å². The summed E-state index contributed by atoms with van der Waals surface area (Å²) in [5.74, 6) is -0.307. The number of aromatic nitrogens is 1. The second-order valence-corrected chi connectivity index (χ2v) is 4.81. The Hall–Kier alpha value is -0.520. The first-order valence-corrected chi connectivity index (χ1v) is 5.39. The van der Waals surface area contributed by atoms with Gasteiger partial charge in [0.25, 0.3) is 9.05 Å². The van der Waals surface area contributed by atoms with E-state index >= 15 is 0 Å². The van der Waals surface area contributed by atoms with Crippen LogP contribution in [0.4, 0.5) is 0 Å². The molecule has 0 amide bonds. The number of halogens is 2. The Bertz CT molecular complexity index is 403. The highest BCUT2D eigenvalue weighted by molar-refractivity contribution is 8.13. The number of aromatic hydroxyl groups is 1. The summed E-state index contributed by atoms with van der Waals surface area (Å²) in [5.41, 5.74) is 0. The van der Waals surface area contributed by atoms with E-state index in [1.807, 2.05) is 0 Å². The monoisotopic (exact) mass is 227 g/mol. The van der Waals surface area contributed by atoms with Crippen molar-refractivity contribution >= 4 is 31.3 Å². The lowest BCUT2D eigenvalue weighted by molar-refractivity contribution is 0.470. The van der Waals surface area contributed by atoms with E-state index in [0.29, 0.717) is 0 Å². The van der Waals surface area contributed by atoms with Gasteiger partial charge in [0.15, 0.2) is 0 Å². The molecule has 0 saturated heterocycles. The quantitative estimate of drug-likeness (QED) is 0.582. The van der Waals surface area contributed by atoms with E-state index in [1.54, 1.807) is 0 Å². The van der Waals surface area contributed by atoms with Crippen molar-refractivity contribution in [3.63, 3.8) is 0 Å². The van der Waals surface area contributed by atoms with Gasteiger partial charge in [0, 0.05) is 16.7 Å². The zero-order valence-electron chi connectivity index (χ0n) is 5.53. The third-order valence-corrected chi connectivity index (χ3v) is 2.80. The molecule has 66 valence electrons. The minimum Gasteiger partial charge on any atom is -0.506 e. The van der Waals surface area contributed by atoms with Crippen molar-refractivity contribution < 1.29 is 13.5 Å². The van der Waals surface area contributed by atoms with Crippen molar-refractivity contribution in [3.05, 3.63) is 17.4 Å². The van der Waals surface area contributed by atoms with Gasteiger partial charge >= 0.3 is 0 Å². The highest BCUT2D eigenvalue weighted by atomic mass is 35.7. The summed E-state index contributed by atoms with van der Waals surface area (Å²) in [6.45, 7) is 0. The first-order valence-electron chi connectivity index (χ1n) is 2.70. The molecular formula is C5H3Cl2NO3S. The molecule has 0 bridgehead atoms. The van der Waals surface area contributed by atoms with E-state index in [1.165, 1.54) is 0 Å². The summed E-state index contributed by atoms with van der Waals surface area (Å²) in [5, 5.41) is 8.60. The molecule has 0 aliphatic heterocycles. The average molecular weight is 228 g/mol. The number of rotatable bonds is 1. The third kappa shape index (κ3) is 2.00. The van der Waals surface area contributed by atoms with E-state index in [-0.39, 0.29) is 10.9 Å². The summed E-state index contributed by atoms with van der Waals surface area (Å²) < 4.78 is 21.5. The zero-order valence-corrected chi connectivity index (χ0v) is 7.86. The molecule has 7 heteroatoms. The van der Waals surface area contributed by atoms with Gasteiger partial charge in [-0.2, -0.15) is 0 Å². The van der Waals surface area contributed by atoms with Crippen LogP contribution < -0.4 is 0 Å². The Morgan fingerprint density at radius 3 is 2.50 bits per heavy atom. The van der Waals surface area contributed by atoms with Gasteiger partial charge in [-0.1, -0.05) is 11.6 Å². The Labute approximate surface area is 78.2 Å². The molecule has 1 N–H and O–H groups in total. The van der Waals surface area contributed by atoms with Gasteiger partial charge in [-0.15, -0.1) is 0 Å². The standard InChI is InChI=1S/C5H3Cl2NO3S/c6-5-4(12(7,10)11)1-3(9)2-8-5/h1-2,9H. The van der Waals surface area contributed by atoms with Crippen molar-refractivity contribution in [3.8, 4) is 5.75 Å². The van der Waals surface area contributed by atoms with Crippen LogP contribution in [0, 0.1) is 0 Å². The van der Waals surface area contributed by atoms with Gasteiger partial charge in [0.05, 0.1) is 6.20 Å². The predicted octanol–water partition coefficient (Wildman–Crippen LogP) is 1.37. The largest absolute Gasteiger partial charge is 0.506 e. The van der Waals surface area contributed by atoms with Crippen LogP contribution in [-0.4, -0.2) is 18.5 Å². The lowest BCUT2D eigenvalue weighted by Gasteiger charge is -1.98. The van der Waals surface area contributed by atoms with Crippen molar-refractivity contribution in [2.75, 3.05) is 0 Å². The third-order valence-electron chi connectivity index (χ3n) is 1.06. The number of hydrogen-bond donors (Lipinski definition) is 1. The van der Waals surface area contributed by atoms with Crippen LogP contribution in [0.2, 0.25) is 5.15 Å². The molecule has 0 aromatic carbocycles. The first kappa shape index (κ1) is 9.57. The summed E-state index contributed by atoms with van der Waals surface area (Å²) >= 11 is 5.40. The van der Waals surface area contributed by atoms with E-state index in [2.05, 4.69) is 4.98 Å². The Morgan fingerprint density at radius 1 is 1.50 bits per heavy atom. The summed E-state index contributed by atoms with van der Waals surface area (Å²) in [6, 6.07) is 0.928. The normalized spacial score (nSPS) is 11.5. The Balaban J connectivity index is 3.43. The highest BCUT2D eigenvalue weighted by Crippen LogP contribution is 2.25. The molecule has 0 saturated carbocycles. The second-order valence-electron chi connectivity index (χ2n) is 1.92. The summed E-state index contributed by atoms with van der Waals surface area (Å²) in [4.78, 5) is 3.00. The van der Waals surface area contributed by atoms with E-state index in [9.17, 15) is 8.42 Å². The molecule has 1 aromatic heterocycles. The molecule has 0 radical (unpaired) electrons. The minimum absolute atomic E-state index is 0.261.